The lowest BCUT2D eigenvalue weighted by Gasteiger charge is -2.17. The van der Waals surface area contributed by atoms with Crippen LogP contribution in [0, 0.1) is 27.7 Å². The molecule has 3 aromatic rings. The fourth-order valence-electron chi connectivity index (χ4n) is 4.21. The molecule has 6 heteroatoms. The van der Waals surface area contributed by atoms with Crippen molar-refractivity contribution in [1.29, 1.82) is 0 Å². The van der Waals surface area contributed by atoms with Crippen LogP contribution in [0.25, 0.3) is 5.57 Å². The van der Waals surface area contributed by atoms with Gasteiger partial charge in [0.1, 0.15) is 5.70 Å². The van der Waals surface area contributed by atoms with E-state index in [2.05, 4.69) is 5.32 Å². The smallest absolute Gasteiger partial charge is 0.282 e. The van der Waals surface area contributed by atoms with Gasteiger partial charge in [-0.25, -0.2) is 4.90 Å². The number of carbonyl (C=O) groups excluding carboxylic acids is 2. The standard InChI is InChI=1S/C27H24N2O4/c1-15-5-9-21(18(4)11-15)24-25(28-19-7-10-22-23(13-19)33-14-32-22)27(31)29(26(24)30)20-8-6-16(2)17(3)12-20/h5-13,28H,14H2,1-4H3. The third kappa shape index (κ3) is 3.53. The minimum absolute atomic E-state index is 0.160. The molecule has 0 saturated carbocycles. The van der Waals surface area contributed by atoms with Crippen LogP contribution in [0.4, 0.5) is 11.4 Å². The fourth-order valence-corrected chi connectivity index (χ4v) is 4.21. The van der Waals surface area contributed by atoms with Crippen molar-refractivity contribution < 1.29 is 19.1 Å². The second-order valence-corrected chi connectivity index (χ2v) is 8.48. The summed E-state index contributed by atoms with van der Waals surface area (Å²) in [7, 11) is 0. The molecule has 0 bridgehead atoms. The maximum atomic E-state index is 13.7. The second kappa shape index (κ2) is 7.81. The van der Waals surface area contributed by atoms with Crippen molar-refractivity contribution in [3.05, 3.63) is 88.1 Å². The maximum absolute atomic E-state index is 13.7. The molecule has 33 heavy (non-hydrogen) atoms. The van der Waals surface area contributed by atoms with E-state index < -0.39 is 5.91 Å². The molecule has 0 unspecified atom stereocenters. The molecule has 0 spiro atoms. The van der Waals surface area contributed by atoms with Crippen LogP contribution in [0.5, 0.6) is 11.5 Å². The first-order valence-electron chi connectivity index (χ1n) is 10.8. The lowest BCUT2D eigenvalue weighted by Crippen LogP contribution is -2.32. The average Bonchev–Trinajstić information content (AvgIpc) is 3.33. The van der Waals surface area contributed by atoms with Gasteiger partial charge >= 0.3 is 0 Å². The van der Waals surface area contributed by atoms with E-state index in [1.165, 1.54) is 4.90 Å². The van der Waals surface area contributed by atoms with Crippen molar-refractivity contribution >= 4 is 28.8 Å². The molecule has 0 atom stereocenters. The highest BCUT2D eigenvalue weighted by Gasteiger charge is 2.41. The van der Waals surface area contributed by atoms with Crippen molar-refractivity contribution in [1.82, 2.24) is 0 Å². The van der Waals surface area contributed by atoms with Gasteiger partial charge in [0.05, 0.1) is 11.3 Å². The highest BCUT2D eigenvalue weighted by atomic mass is 16.7. The lowest BCUT2D eigenvalue weighted by atomic mass is 9.97. The molecular weight excluding hydrogens is 416 g/mol. The van der Waals surface area contributed by atoms with Crippen LogP contribution in [0.15, 0.2) is 60.3 Å². The van der Waals surface area contributed by atoms with Crippen molar-refractivity contribution in [2.75, 3.05) is 17.0 Å². The quantitative estimate of drug-likeness (QED) is 0.576. The number of aryl methyl sites for hydroxylation is 4. The molecule has 0 aromatic heterocycles. The molecule has 2 amide bonds. The summed E-state index contributed by atoms with van der Waals surface area (Å²) in [4.78, 5) is 28.6. The first-order chi connectivity index (χ1) is 15.8. The molecule has 0 saturated heterocycles. The first kappa shape index (κ1) is 20.8. The van der Waals surface area contributed by atoms with E-state index in [-0.39, 0.29) is 18.4 Å². The number of ether oxygens (including phenoxy) is 2. The van der Waals surface area contributed by atoms with Crippen molar-refractivity contribution in [3.8, 4) is 11.5 Å². The number of hydrogen-bond donors (Lipinski definition) is 1. The molecule has 5 rings (SSSR count). The number of amides is 2. The Kier molecular flexibility index (Phi) is 4.93. The average molecular weight is 440 g/mol. The molecule has 1 N–H and O–H groups in total. The van der Waals surface area contributed by atoms with E-state index in [0.717, 1.165) is 27.8 Å². The van der Waals surface area contributed by atoms with Gasteiger partial charge in [0.25, 0.3) is 11.8 Å². The summed E-state index contributed by atoms with van der Waals surface area (Å²) in [6.07, 6.45) is 0. The monoisotopic (exact) mass is 440 g/mol. The number of nitrogens with zero attached hydrogens (tertiary/aromatic N) is 1. The van der Waals surface area contributed by atoms with Crippen LogP contribution in [0.2, 0.25) is 0 Å². The summed E-state index contributed by atoms with van der Waals surface area (Å²) < 4.78 is 10.9. The van der Waals surface area contributed by atoms with Gasteiger partial charge in [-0.1, -0.05) is 29.8 Å². The molecule has 2 aliphatic heterocycles. The van der Waals surface area contributed by atoms with Crippen LogP contribution in [-0.4, -0.2) is 18.6 Å². The Hall–Kier alpha value is -4.06. The number of fused-ring (bicyclic) bond motifs is 1. The predicted molar refractivity (Wildman–Crippen MR) is 127 cm³/mol. The summed E-state index contributed by atoms with van der Waals surface area (Å²) >= 11 is 0. The van der Waals surface area contributed by atoms with Crippen LogP contribution in [-0.2, 0) is 9.59 Å². The summed E-state index contributed by atoms with van der Waals surface area (Å²) in [5, 5.41) is 3.20. The first-order valence-corrected chi connectivity index (χ1v) is 10.8. The van der Waals surface area contributed by atoms with Crippen molar-refractivity contribution in [2.24, 2.45) is 0 Å². The van der Waals surface area contributed by atoms with Crippen molar-refractivity contribution in [3.63, 3.8) is 0 Å². The Balaban J connectivity index is 1.63. The molecule has 6 nitrogen and oxygen atoms in total. The van der Waals surface area contributed by atoms with Gasteiger partial charge in [0, 0.05) is 11.8 Å². The maximum Gasteiger partial charge on any atom is 0.282 e. The Bertz CT molecular complexity index is 1360. The Morgan fingerprint density at radius 1 is 0.758 bits per heavy atom. The highest BCUT2D eigenvalue weighted by Crippen LogP contribution is 2.38. The predicted octanol–water partition coefficient (Wildman–Crippen LogP) is 5.05. The summed E-state index contributed by atoms with van der Waals surface area (Å²) in [5.41, 5.74) is 6.64. The topological polar surface area (TPSA) is 67.9 Å². The molecule has 3 aromatic carbocycles. The van der Waals surface area contributed by atoms with Crippen LogP contribution < -0.4 is 19.7 Å². The summed E-state index contributed by atoms with van der Waals surface area (Å²) in [6, 6.07) is 16.8. The number of anilines is 2. The molecule has 166 valence electrons. The normalized spacial score (nSPS) is 15.0. The van der Waals surface area contributed by atoms with Gasteiger partial charge < -0.3 is 14.8 Å². The molecule has 0 aliphatic carbocycles. The van der Waals surface area contributed by atoms with Gasteiger partial charge in [-0.2, -0.15) is 0 Å². The van der Waals surface area contributed by atoms with Crippen molar-refractivity contribution in [2.45, 2.75) is 27.7 Å². The Morgan fingerprint density at radius 3 is 2.30 bits per heavy atom. The van der Waals surface area contributed by atoms with E-state index in [4.69, 9.17) is 9.47 Å². The SMILES string of the molecule is Cc1ccc(C2=C(Nc3ccc4c(c3)OCO4)C(=O)N(c3ccc(C)c(C)c3)C2=O)c(C)c1. The van der Waals surface area contributed by atoms with Gasteiger partial charge in [0.15, 0.2) is 11.5 Å². The third-order valence-electron chi connectivity index (χ3n) is 6.13. The molecule has 2 heterocycles. The number of imide groups is 1. The van der Waals surface area contributed by atoms with Gasteiger partial charge in [-0.05, 0) is 74.2 Å². The van der Waals surface area contributed by atoms with E-state index in [0.29, 0.717) is 28.4 Å². The molecule has 0 radical (unpaired) electrons. The Morgan fingerprint density at radius 2 is 1.55 bits per heavy atom. The molecule has 0 fully saturated rings. The minimum atomic E-state index is -0.393. The zero-order valence-electron chi connectivity index (χ0n) is 19.0. The van der Waals surface area contributed by atoms with Gasteiger partial charge in [-0.3, -0.25) is 9.59 Å². The largest absolute Gasteiger partial charge is 0.454 e. The zero-order chi connectivity index (χ0) is 23.3. The number of nitrogens with one attached hydrogen (secondary N) is 1. The Labute approximate surface area is 192 Å². The second-order valence-electron chi connectivity index (χ2n) is 8.48. The minimum Gasteiger partial charge on any atom is -0.454 e. The zero-order valence-corrected chi connectivity index (χ0v) is 19.0. The number of hydrogen-bond acceptors (Lipinski definition) is 5. The lowest BCUT2D eigenvalue weighted by molar-refractivity contribution is -0.120. The van der Waals surface area contributed by atoms with E-state index >= 15 is 0 Å². The molecule has 2 aliphatic rings. The third-order valence-corrected chi connectivity index (χ3v) is 6.13. The van der Waals surface area contributed by atoms with Crippen LogP contribution in [0.3, 0.4) is 0 Å². The van der Waals surface area contributed by atoms with E-state index in [9.17, 15) is 9.59 Å². The van der Waals surface area contributed by atoms with Gasteiger partial charge in [0.2, 0.25) is 6.79 Å². The van der Waals surface area contributed by atoms with Crippen LogP contribution in [0.1, 0.15) is 27.8 Å². The van der Waals surface area contributed by atoms with Crippen LogP contribution >= 0.6 is 0 Å². The van der Waals surface area contributed by atoms with E-state index in [1.54, 1.807) is 24.3 Å². The summed E-state index contributed by atoms with van der Waals surface area (Å²) in [6.45, 7) is 8.07. The summed E-state index contributed by atoms with van der Waals surface area (Å²) in [5.74, 6) is 0.500. The number of carbonyl (C=O) groups is 2. The van der Waals surface area contributed by atoms with Gasteiger partial charge in [-0.15, -0.1) is 0 Å². The number of benzene rings is 3. The number of rotatable bonds is 4. The molecular formula is C27H24N2O4. The fraction of sp³-hybridized carbons (Fsp3) is 0.185. The van der Waals surface area contributed by atoms with E-state index in [1.807, 2.05) is 58.0 Å². The highest BCUT2D eigenvalue weighted by molar-refractivity contribution is 6.46.